The van der Waals surface area contributed by atoms with Crippen molar-refractivity contribution in [1.29, 1.82) is 5.26 Å². The summed E-state index contributed by atoms with van der Waals surface area (Å²) in [6.07, 6.45) is 5.83. The minimum absolute atomic E-state index is 0.0269. The highest BCUT2D eigenvalue weighted by Crippen LogP contribution is 2.55. The Labute approximate surface area is 132 Å². The van der Waals surface area contributed by atoms with Crippen LogP contribution < -0.4 is 0 Å². The molecule has 2 aliphatic carbocycles. The maximum atomic E-state index is 10.9. The molecule has 4 atom stereocenters. The molecule has 0 spiro atoms. The van der Waals surface area contributed by atoms with Crippen LogP contribution in [-0.4, -0.2) is 35.2 Å². The van der Waals surface area contributed by atoms with Crippen LogP contribution in [0.2, 0.25) is 0 Å². The van der Waals surface area contributed by atoms with E-state index < -0.39 is 0 Å². The van der Waals surface area contributed by atoms with Crippen LogP contribution >= 0.6 is 0 Å². The molecule has 2 bridgehead atoms. The van der Waals surface area contributed by atoms with Crippen molar-refractivity contribution in [2.24, 2.45) is 5.92 Å². The van der Waals surface area contributed by atoms with Gasteiger partial charge in [0.2, 0.25) is 0 Å². The number of likely N-dealkylation sites (tertiary alicyclic amines) is 1. The third kappa shape index (κ3) is 1.87. The largest absolute Gasteiger partial charge is 0.392 e. The standard InChI is InChI=1S/C19H24N2O/c20-10-4-11-21-12-9-19-15-6-2-1-5-14(15)13-17(21)16(19)7-3-8-18(19)22/h1-2,5-6,16-18,22H,3-4,7-9,11-13H2/t16-,17+,18?,19+/m0/s1. The zero-order valence-electron chi connectivity index (χ0n) is 13.0. The van der Waals surface area contributed by atoms with E-state index in [9.17, 15) is 5.11 Å². The van der Waals surface area contributed by atoms with E-state index in [0.29, 0.717) is 18.4 Å². The second kappa shape index (κ2) is 5.37. The Bertz CT molecular complexity index is 608. The van der Waals surface area contributed by atoms with Gasteiger partial charge in [0.25, 0.3) is 0 Å². The Morgan fingerprint density at radius 3 is 3.05 bits per heavy atom. The van der Waals surface area contributed by atoms with Crippen molar-refractivity contribution in [1.82, 2.24) is 4.90 Å². The molecule has 3 heteroatoms. The van der Waals surface area contributed by atoms with E-state index in [1.165, 1.54) is 17.5 Å². The number of hydrogen-bond acceptors (Lipinski definition) is 3. The fraction of sp³-hybridized carbons (Fsp3) is 0.632. The van der Waals surface area contributed by atoms with Gasteiger partial charge in [-0.25, -0.2) is 0 Å². The summed E-state index contributed by atoms with van der Waals surface area (Å²) in [4.78, 5) is 2.53. The van der Waals surface area contributed by atoms with Gasteiger partial charge < -0.3 is 5.11 Å². The number of fused-ring (bicyclic) bond motifs is 1. The fourth-order valence-electron chi connectivity index (χ4n) is 5.56. The summed E-state index contributed by atoms with van der Waals surface area (Å²) in [6, 6.07) is 11.6. The summed E-state index contributed by atoms with van der Waals surface area (Å²) in [6.45, 7) is 1.90. The molecule has 1 unspecified atom stereocenters. The van der Waals surface area contributed by atoms with Crippen LogP contribution in [0.4, 0.5) is 0 Å². The number of aliphatic hydroxyl groups is 1. The van der Waals surface area contributed by atoms with Crippen molar-refractivity contribution in [2.75, 3.05) is 13.1 Å². The highest BCUT2D eigenvalue weighted by molar-refractivity contribution is 5.42. The van der Waals surface area contributed by atoms with E-state index in [-0.39, 0.29) is 11.5 Å². The minimum Gasteiger partial charge on any atom is -0.392 e. The van der Waals surface area contributed by atoms with Crippen molar-refractivity contribution >= 4 is 0 Å². The van der Waals surface area contributed by atoms with Crippen LogP contribution in [0.25, 0.3) is 0 Å². The number of benzene rings is 1. The first-order chi connectivity index (χ1) is 10.8. The molecule has 1 N–H and O–H groups in total. The molecule has 1 heterocycles. The summed E-state index contributed by atoms with van der Waals surface area (Å²) in [5, 5.41) is 19.9. The lowest BCUT2D eigenvalue weighted by Crippen LogP contribution is -2.65. The van der Waals surface area contributed by atoms with Gasteiger partial charge in [0.15, 0.2) is 0 Å². The van der Waals surface area contributed by atoms with Crippen molar-refractivity contribution in [3.8, 4) is 6.07 Å². The lowest BCUT2D eigenvalue weighted by molar-refractivity contribution is -0.0808. The second-order valence-corrected chi connectivity index (χ2v) is 7.22. The quantitative estimate of drug-likeness (QED) is 0.912. The number of piperidine rings is 1. The molecule has 1 saturated carbocycles. The smallest absolute Gasteiger partial charge is 0.0640 e. The Balaban J connectivity index is 1.79. The van der Waals surface area contributed by atoms with Crippen molar-refractivity contribution < 1.29 is 5.11 Å². The van der Waals surface area contributed by atoms with E-state index in [0.717, 1.165) is 38.8 Å². The van der Waals surface area contributed by atoms with Crippen molar-refractivity contribution in [3.05, 3.63) is 35.4 Å². The van der Waals surface area contributed by atoms with E-state index in [1.807, 2.05) is 0 Å². The van der Waals surface area contributed by atoms with Gasteiger partial charge in [-0.1, -0.05) is 30.7 Å². The monoisotopic (exact) mass is 296 g/mol. The zero-order valence-corrected chi connectivity index (χ0v) is 13.0. The molecule has 3 aliphatic rings. The van der Waals surface area contributed by atoms with Gasteiger partial charge >= 0.3 is 0 Å². The first-order valence-electron chi connectivity index (χ1n) is 8.65. The van der Waals surface area contributed by atoms with Crippen LogP contribution in [0.1, 0.15) is 43.2 Å². The number of rotatable bonds is 2. The summed E-state index contributed by atoms with van der Waals surface area (Å²) in [7, 11) is 0. The third-order valence-electron chi connectivity index (χ3n) is 6.45. The van der Waals surface area contributed by atoms with Gasteiger partial charge in [-0.15, -0.1) is 0 Å². The van der Waals surface area contributed by atoms with Gasteiger partial charge in [-0.3, -0.25) is 4.90 Å². The van der Waals surface area contributed by atoms with Crippen LogP contribution in [-0.2, 0) is 11.8 Å². The Hall–Kier alpha value is -1.37. The molecular formula is C19H24N2O. The minimum atomic E-state index is -0.201. The number of aliphatic hydroxyl groups excluding tert-OH is 1. The molecule has 1 aromatic carbocycles. The number of hydrogen-bond donors (Lipinski definition) is 1. The molecule has 1 aliphatic heterocycles. The Kier molecular flexibility index (Phi) is 3.47. The molecule has 0 amide bonds. The van der Waals surface area contributed by atoms with E-state index in [2.05, 4.69) is 35.2 Å². The summed E-state index contributed by atoms with van der Waals surface area (Å²) >= 11 is 0. The lowest BCUT2D eigenvalue weighted by atomic mass is 9.51. The van der Waals surface area contributed by atoms with E-state index >= 15 is 0 Å². The fourth-order valence-corrected chi connectivity index (χ4v) is 5.56. The first kappa shape index (κ1) is 14.2. The van der Waals surface area contributed by atoms with Crippen LogP contribution in [0.15, 0.2) is 24.3 Å². The Morgan fingerprint density at radius 1 is 1.32 bits per heavy atom. The van der Waals surface area contributed by atoms with Crippen molar-refractivity contribution in [2.45, 2.75) is 56.1 Å². The highest BCUT2D eigenvalue weighted by atomic mass is 16.3. The number of nitrogens with zero attached hydrogens (tertiary/aromatic N) is 2. The topological polar surface area (TPSA) is 47.3 Å². The predicted octanol–water partition coefficient (Wildman–Crippen LogP) is 2.63. The summed E-state index contributed by atoms with van der Waals surface area (Å²) in [5.41, 5.74) is 2.82. The second-order valence-electron chi connectivity index (χ2n) is 7.22. The third-order valence-corrected chi connectivity index (χ3v) is 6.45. The van der Waals surface area contributed by atoms with Gasteiger partial charge in [0.1, 0.15) is 0 Å². The molecule has 1 saturated heterocycles. The molecule has 3 nitrogen and oxygen atoms in total. The molecule has 0 aromatic heterocycles. The van der Waals surface area contributed by atoms with Crippen LogP contribution in [0, 0.1) is 17.2 Å². The maximum Gasteiger partial charge on any atom is 0.0640 e. The Morgan fingerprint density at radius 2 is 2.18 bits per heavy atom. The highest BCUT2D eigenvalue weighted by Gasteiger charge is 2.57. The van der Waals surface area contributed by atoms with Crippen LogP contribution in [0.5, 0.6) is 0 Å². The average molecular weight is 296 g/mol. The normalized spacial score (nSPS) is 37.0. The maximum absolute atomic E-state index is 10.9. The molecule has 1 aromatic rings. The molecule has 22 heavy (non-hydrogen) atoms. The summed E-state index contributed by atoms with van der Waals surface area (Å²) in [5.74, 6) is 0.554. The van der Waals surface area contributed by atoms with E-state index in [4.69, 9.17) is 5.26 Å². The van der Waals surface area contributed by atoms with Crippen LogP contribution in [0.3, 0.4) is 0 Å². The molecular weight excluding hydrogens is 272 g/mol. The SMILES string of the molecule is N#CCCN1CC[C@@]23c4ccccc4C[C@@H]1[C@@H]2CCCC3O. The zero-order chi connectivity index (χ0) is 15.2. The molecule has 4 rings (SSSR count). The van der Waals surface area contributed by atoms with E-state index in [1.54, 1.807) is 0 Å². The average Bonchev–Trinajstić information content (AvgIpc) is 2.54. The number of nitriles is 1. The predicted molar refractivity (Wildman–Crippen MR) is 85.4 cm³/mol. The lowest BCUT2D eigenvalue weighted by Gasteiger charge is -2.60. The first-order valence-corrected chi connectivity index (χ1v) is 8.65. The van der Waals surface area contributed by atoms with Gasteiger partial charge in [-0.05, 0) is 49.3 Å². The van der Waals surface area contributed by atoms with Gasteiger partial charge in [0, 0.05) is 24.4 Å². The van der Waals surface area contributed by atoms with Crippen molar-refractivity contribution in [3.63, 3.8) is 0 Å². The molecule has 2 fully saturated rings. The van der Waals surface area contributed by atoms with Gasteiger partial charge in [0.05, 0.1) is 12.2 Å². The molecule has 0 radical (unpaired) electrons. The molecule has 116 valence electrons. The summed E-state index contributed by atoms with van der Waals surface area (Å²) < 4.78 is 0. The van der Waals surface area contributed by atoms with Gasteiger partial charge in [-0.2, -0.15) is 5.26 Å².